The fraction of sp³-hybridized carbons (Fsp3) is 0.143. The summed E-state index contributed by atoms with van der Waals surface area (Å²) in [4.78, 5) is 4.00. The summed E-state index contributed by atoms with van der Waals surface area (Å²) < 4.78 is 5.28. The Morgan fingerprint density at radius 2 is 2.16 bits per heavy atom. The fourth-order valence-corrected chi connectivity index (χ4v) is 1.82. The Hall–Kier alpha value is -2.25. The van der Waals surface area contributed by atoms with Crippen molar-refractivity contribution >= 4 is 23.0 Å². The van der Waals surface area contributed by atoms with Crippen LogP contribution in [0.2, 0.25) is 5.02 Å². The second-order valence-corrected chi connectivity index (χ2v) is 4.37. The molecule has 0 amide bonds. The van der Waals surface area contributed by atoms with Crippen LogP contribution in [0.1, 0.15) is 11.1 Å². The van der Waals surface area contributed by atoms with Crippen LogP contribution in [0.5, 0.6) is 5.75 Å². The van der Waals surface area contributed by atoms with Gasteiger partial charge in [-0.2, -0.15) is 5.26 Å². The molecule has 0 aliphatic carbocycles. The maximum atomic E-state index is 9.05. The SMILES string of the molecule is COc1cc(Cl)c(C)cc1Nc1cnccc1C#N. The van der Waals surface area contributed by atoms with Gasteiger partial charge in [0.05, 0.1) is 30.2 Å². The fourth-order valence-electron chi connectivity index (χ4n) is 1.67. The zero-order chi connectivity index (χ0) is 13.8. The molecule has 0 aliphatic rings. The van der Waals surface area contributed by atoms with Gasteiger partial charge in [0.1, 0.15) is 11.8 Å². The molecule has 1 heterocycles. The third-order valence-corrected chi connectivity index (χ3v) is 3.10. The Kier molecular flexibility index (Phi) is 3.88. The van der Waals surface area contributed by atoms with Crippen molar-refractivity contribution in [2.45, 2.75) is 6.92 Å². The number of benzene rings is 1. The van der Waals surface area contributed by atoms with Crippen LogP contribution in [0, 0.1) is 18.3 Å². The van der Waals surface area contributed by atoms with Crippen LogP contribution in [0.15, 0.2) is 30.6 Å². The minimum absolute atomic E-state index is 0.518. The first kappa shape index (κ1) is 13.2. The van der Waals surface area contributed by atoms with Crippen molar-refractivity contribution in [1.29, 1.82) is 5.26 Å². The number of aromatic nitrogens is 1. The molecular formula is C14H12ClN3O. The molecule has 0 atom stereocenters. The summed E-state index contributed by atoms with van der Waals surface area (Å²) >= 11 is 6.05. The standard InChI is InChI=1S/C14H12ClN3O/c1-9-5-12(14(19-2)6-11(9)15)18-13-8-17-4-3-10(13)7-16/h3-6,8,18H,1-2H3. The van der Waals surface area contributed by atoms with Crippen LogP contribution in [0.25, 0.3) is 0 Å². The van der Waals surface area contributed by atoms with Gasteiger partial charge in [0.25, 0.3) is 0 Å². The Bertz CT molecular complexity index is 650. The third kappa shape index (κ3) is 2.78. The molecule has 4 nitrogen and oxygen atoms in total. The minimum Gasteiger partial charge on any atom is -0.495 e. The van der Waals surface area contributed by atoms with Crippen molar-refractivity contribution in [3.63, 3.8) is 0 Å². The maximum Gasteiger partial charge on any atom is 0.143 e. The molecule has 1 aromatic heterocycles. The summed E-state index contributed by atoms with van der Waals surface area (Å²) in [5.41, 5.74) is 2.82. The van der Waals surface area contributed by atoms with Gasteiger partial charge in [0.15, 0.2) is 0 Å². The molecule has 2 aromatic rings. The van der Waals surface area contributed by atoms with Gasteiger partial charge in [0, 0.05) is 17.3 Å². The van der Waals surface area contributed by atoms with E-state index in [2.05, 4.69) is 16.4 Å². The van der Waals surface area contributed by atoms with Gasteiger partial charge in [-0.15, -0.1) is 0 Å². The van der Waals surface area contributed by atoms with Gasteiger partial charge in [-0.3, -0.25) is 4.98 Å². The largest absolute Gasteiger partial charge is 0.495 e. The molecule has 0 spiro atoms. The van der Waals surface area contributed by atoms with Crippen LogP contribution < -0.4 is 10.1 Å². The number of nitrogens with one attached hydrogen (secondary N) is 1. The van der Waals surface area contributed by atoms with Crippen LogP contribution in [0.4, 0.5) is 11.4 Å². The van der Waals surface area contributed by atoms with Crippen LogP contribution in [0.3, 0.4) is 0 Å². The topological polar surface area (TPSA) is 57.9 Å². The molecule has 19 heavy (non-hydrogen) atoms. The summed E-state index contributed by atoms with van der Waals surface area (Å²) in [6, 6.07) is 7.37. The number of anilines is 2. The van der Waals surface area contributed by atoms with Gasteiger partial charge in [-0.05, 0) is 24.6 Å². The van der Waals surface area contributed by atoms with Crippen molar-refractivity contribution in [3.8, 4) is 11.8 Å². The van der Waals surface area contributed by atoms with E-state index in [-0.39, 0.29) is 0 Å². The second-order valence-electron chi connectivity index (χ2n) is 3.96. The van der Waals surface area contributed by atoms with Gasteiger partial charge >= 0.3 is 0 Å². The maximum absolute atomic E-state index is 9.05. The summed E-state index contributed by atoms with van der Waals surface area (Å²) in [7, 11) is 1.57. The molecule has 1 aromatic carbocycles. The molecule has 5 heteroatoms. The number of ether oxygens (including phenoxy) is 1. The molecule has 0 radical (unpaired) electrons. The predicted octanol–water partition coefficient (Wildman–Crippen LogP) is 3.67. The van der Waals surface area contributed by atoms with Crippen LogP contribution in [-0.4, -0.2) is 12.1 Å². The van der Waals surface area contributed by atoms with E-state index in [1.54, 1.807) is 31.6 Å². The molecule has 0 fully saturated rings. The monoisotopic (exact) mass is 273 g/mol. The van der Waals surface area contributed by atoms with Crippen molar-refractivity contribution in [2.24, 2.45) is 0 Å². The molecule has 96 valence electrons. The highest BCUT2D eigenvalue weighted by atomic mass is 35.5. The zero-order valence-electron chi connectivity index (χ0n) is 10.6. The number of halogens is 1. The number of pyridine rings is 1. The average Bonchev–Trinajstić information content (AvgIpc) is 2.43. The van der Waals surface area contributed by atoms with Gasteiger partial charge < -0.3 is 10.1 Å². The van der Waals surface area contributed by atoms with Crippen molar-refractivity contribution in [1.82, 2.24) is 4.98 Å². The Morgan fingerprint density at radius 1 is 1.37 bits per heavy atom. The smallest absolute Gasteiger partial charge is 0.143 e. The molecule has 1 N–H and O–H groups in total. The predicted molar refractivity (Wildman–Crippen MR) is 75.0 cm³/mol. The van der Waals surface area contributed by atoms with Crippen molar-refractivity contribution in [2.75, 3.05) is 12.4 Å². The first-order valence-electron chi connectivity index (χ1n) is 5.61. The lowest BCUT2D eigenvalue weighted by atomic mass is 10.2. The third-order valence-electron chi connectivity index (χ3n) is 2.69. The summed E-state index contributed by atoms with van der Waals surface area (Å²) in [5.74, 6) is 0.614. The lowest BCUT2D eigenvalue weighted by Gasteiger charge is -2.13. The highest BCUT2D eigenvalue weighted by Crippen LogP contribution is 2.33. The lowest BCUT2D eigenvalue weighted by molar-refractivity contribution is 0.417. The Morgan fingerprint density at radius 3 is 2.84 bits per heavy atom. The zero-order valence-corrected chi connectivity index (χ0v) is 11.3. The van der Waals surface area contributed by atoms with E-state index < -0.39 is 0 Å². The van der Waals surface area contributed by atoms with Gasteiger partial charge in [0.2, 0.25) is 0 Å². The van der Waals surface area contributed by atoms with E-state index in [1.807, 2.05) is 13.0 Å². The van der Waals surface area contributed by atoms with Crippen molar-refractivity contribution < 1.29 is 4.74 Å². The first-order chi connectivity index (χ1) is 9.15. The molecule has 0 saturated heterocycles. The first-order valence-corrected chi connectivity index (χ1v) is 5.98. The van der Waals surface area contributed by atoms with Crippen LogP contribution in [-0.2, 0) is 0 Å². The number of nitriles is 1. The summed E-state index contributed by atoms with van der Waals surface area (Å²) in [5, 5.41) is 12.8. The van der Waals surface area contributed by atoms with Crippen LogP contribution >= 0.6 is 11.6 Å². The highest BCUT2D eigenvalue weighted by molar-refractivity contribution is 6.31. The van der Waals surface area contributed by atoms with E-state index in [1.165, 1.54) is 0 Å². The molecule has 2 rings (SSSR count). The summed E-state index contributed by atoms with van der Waals surface area (Å²) in [6.07, 6.45) is 3.18. The Balaban J connectivity index is 2.44. The number of aryl methyl sites for hydroxylation is 1. The number of hydrogen-bond donors (Lipinski definition) is 1. The van der Waals surface area contributed by atoms with E-state index in [0.29, 0.717) is 22.0 Å². The molecule has 0 bridgehead atoms. The van der Waals surface area contributed by atoms with Crippen molar-refractivity contribution in [3.05, 3.63) is 46.7 Å². The number of hydrogen-bond acceptors (Lipinski definition) is 4. The van der Waals surface area contributed by atoms with E-state index in [9.17, 15) is 0 Å². The number of methoxy groups -OCH3 is 1. The average molecular weight is 274 g/mol. The quantitative estimate of drug-likeness (QED) is 0.927. The highest BCUT2D eigenvalue weighted by Gasteiger charge is 2.09. The van der Waals surface area contributed by atoms with E-state index in [0.717, 1.165) is 11.3 Å². The van der Waals surface area contributed by atoms with E-state index in [4.69, 9.17) is 21.6 Å². The van der Waals surface area contributed by atoms with Gasteiger partial charge in [-0.25, -0.2) is 0 Å². The second kappa shape index (κ2) is 5.59. The summed E-state index contributed by atoms with van der Waals surface area (Å²) in [6.45, 7) is 1.90. The lowest BCUT2D eigenvalue weighted by Crippen LogP contribution is -1.98. The van der Waals surface area contributed by atoms with Gasteiger partial charge in [-0.1, -0.05) is 11.6 Å². The number of nitrogens with zero attached hydrogens (tertiary/aromatic N) is 2. The number of rotatable bonds is 3. The molecular weight excluding hydrogens is 262 g/mol. The normalized spacial score (nSPS) is 9.79. The Labute approximate surface area is 116 Å². The van der Waals surface area contributed by atoms with E-state index >= 15 is 0 Å². The molecule has 0 unspecified atom stereocenters. The molecule has 0 saturated carbocycles. The minimum atomic E-state index is 0.518. The molecule has 0 aliphatic heterocycles.